The Balaban J connectivity index is 1.82. The minimum absolute atomic E-state index is 0.0687. The Kier molecular flexibility index (Phi) is 4.92. The van der Waals surface area contributed by atoms with Crippen molar-refractivity contribution in [2.75, 3.05) is 0 Å². The van der Waals surface area contributed by atoms with Crippen molar-refractivity contribution >= 4 is 32.9 Å². The Morgan fingerprint density at radius 1 is 1.18 bits per heavy atom. The van der Waals surface area contributed by atoms with Crippen LogP contribution in [0.5, 0.6) is 0 Å². The third-order valence-corrected chi connectivity index (χ3v) is 4.29. The van der Waals surface area contributed by atoms with Crippen molar-refractivity contribution in [3.05, 3.63) is 28.7 Å². The van der Waals surface area contributed by atoms with Crippen LogP contribution >= 0.6 is 27.7 Å². The average molecular weight is 314 g/mol. The summed E-state index contributed by atoms with van der Waals surface area (Å²) < 4.78 is 1.04. The number of carbonyl (C=O) groups excluding carboxylic acids is 1. The Bertz CT molecular complexity index is 374. The van der Waals surface area contributed by atoms with Crippen LogP contribution in [0.3, 0.4) is 0 Å². The fourth-order valence-corrected chi connectivity index (χ4v) is 3.03. The molecule has 0 atom stereocenters. The molecule has 0 bridgehead atoms. The highest BCUT2D eigenvalue weighted by Crippen LogP contribution is 2.23. The Morgan fingerprint density at radius 3 is 2.47 bits per heavy atom. The zero-order valence-corrected chi connectivity index (χ0v) is 12.0. The van der Waals surface area contributed by atoms with Gasteiger partial charge in [-0.2, -0.15) is 0 Å². The Hall–Kier alpha value is -0.480. The van der Waals surface area contributed by atoms with Crippen molar-refractivity contribution in [3.8, 4) is 0 Å². The molecule has 0 aliphatic heterocycles. The van der Waals surface area contributed by atoms with Gasteiger partial charge in [0.15, 0.2) is 0 Å². The van der Waals surface area contributed by atoms with Gasteiger partial charge in [-0.3, -0.25) is 4.79 Å². The van der Waals surface area contributed by atoms with E-state index in [1.807, 2.05) is 24.3 Å². The maximum Gasteiger partial charge on any atom is 0.284 e. The zero-order valence-electron chi connectivity index (χ0n) is 9.62. The molecule has 92 valence electrons. The number of thioether (sulfide) groups is 1. The van der Waals surface area contributed by atoms with Crippen LogP contribution in [0, 0.1) is 0 Å². The summed E-state index contributed by atoms with van der Waals surface area (Å²) in [5, 5.41) is 3.16. The molecule has 1 aliphatic rings. The normalized spacial score (nSPS) is 16.8. The van der Waals surface area contributed by atoms with Gasteiger partial charge in [-0.05, 0) is 48.9 Å². The summed E-state index contributed by atoms with van der Waals surface area (Å²) in [5.41, 5.74) is 0. The molecule has 17 heavy (non-hydrogen) atoms. The van der Waals surface area contributed by atoms with E-state index in [0.717, 1.165) is 22.2 Å². The molecule has 1 N–H and O–H groups in total. The van der Waals surface area contributed by atoms with E-state index in [0.29, 0.717) is 6.04 Å². The van der Waals surface area contributed by atoms with E-state index in [1.165, 1.54) is 31.0 Å². The lowest BCUT2D eigenvalue weighted by atomic mass is 9.96. The third kappa shape index (κ3) is 4.36. The summed E-state index contributed by atoms with van der Waals surface area (Å²) in [7, 11) is 0. The van der Waals surface area contributed by atoms with Gasteiger partial charge in [-0.25, -0.2) is 0 Å². The number of carbonyl (C=O) groups is 1. The summed E-state index contributed by atoms with van der Waals surface area (Å²) >= 11 is 4.66. The lowest BCUT2D eigenvalue weighted by Crippen LogP contribution is -2.33. The highest BCUT2D eigenvalue weighted by molar-refractivity contribution is 9.10. The van der Waals surface area contributed by atoms with E-state index < -0.39 is 0 Å². The zero-order chi connectivity index (χ0) is 12.1. The number of hydrogen-bond acceptors (Lipinski definition) is 2. The van der Waals surface area contributed by atoms with E-state index >= 15 is 0 Å². The number of halogens is 1. The summed E-state index contributed by atoms with van der Waals surface area (Å²) in [6.45, 7) is 0. The third-order valence-electron chi connectivity index (χ3n) is 2.95. The van der Waals surface area contributed by atoms with Gasteiger partial charge >= 0.3 is 0 Å². The molecule has 1 aromatic carbocycles. The molecule has 4 heteroatoms. The van der Waals surface area contributed by atoms with Gasteiger partial charge in [-0.1, -0.05) is 35.2 Å². The molecule has 0 saturated heterocycles. The number of benzene rings is 1. The largest absolute Gasteiger partial charge is 0.344 e. The monoisotopic (exact) mass is 313 g/mol. The van der Waals surface area contributed by atoms with Gasteiger partial charge in [-0.15, -0.1) is 0 Å². The van der Waals surface area contributed by atoms with E-state index in [-0.39, 0.29) is 5.24 Å². The van der Waals surface area contributed by atoms with Crippen molar-refractivity contribution in [1.82, 2.24) is 5.32 Å². The van der Waals surface area contributed by atoms with Crippen molar-refractivity contribution in [3.63, 3.8) is 0 Å². The molecule has 0 heterocycles. The molecule has 0 spiro atoms. The lowest BCUT2D eigenvalue weighted by molar-refractivity contribution is 0.253. The molecule has 1 amide bonds. The van der Waals surface area contributed by atoms with E-state index in [1.54, 1.807) is 0 Å². The number of hydrogen-bond donors (Lipinski definition) is 1. The van der Waals surface area contributed by atoms with Crippen LogP contribution in [0.25, 0.3) is 0 Å². The van der Waals surface area contributed by atoms with Crippen molar-refractivity contribution in [2.45, 2.75) is 43.0 Å². The first-order valence-corrected chi connectivity index (χ1v) is 7.59. The van der Waals surface area contributed by atoms with Crippen molar-refractivity contribution < 1.29 is 4.79 Å². The topological polar surface area (TPSA) is 29.1 Å². The molecular formula is C13H16BrNOS. The maximum absolute atomic E-state index is 11.8. The van der Waals surface area contributed by atoms with Gasteiger partial charge in [0.2, 0.25) is 0 Å². The van der Waals surface area contributed by atoms with Crippen molar-refractivity contribution in [2.24, 2.45) is 0 Å². The molecular weight excluding hydrogens is 298 g/mol. The molecule has 0 radical (unpaired) electrons. The minimum Gasteiger partial charge on any atom is -0.344 e. The summed E-state index contributed by atoms with van der Waals surface area (Å²) in [4.78, 5) is 12.8. The Morgan fingerprint density at radius 2 is 1.82 bits per heavy atom. The van der Waals surface area contributed by atoms with E-state index in [9.17, 15) is 4.79 Å². The predicted molar refractivity (Wildman–Crippen MR) is 75.4 cm³/mol. The standard InChI is InChI=1S/C13H16BrNOS/c14-10-6-8-12(9-7-10)17-13(16)15-11-4-2-1-3-5-11/h6-9,11H,1-5H2,(H,15,16). The van der Waals surface area contributed by atoms with Gasteiger partial charge in [0.1, 0.15) is 0 Å². The first-order chi connectivity index (χ1) is 8.24. The number of rotatable bonds is 2. The fourth-order valence-electron chi connectivity index (χ4n) is 2.05. The lowest BCUT2D eigenvalue weighted by Gasteiger charge is -2.22. The van der Waals surface area contributed by atoms with Crippen LogP contribution in [0.1, 0.15) is 32.1 Å². The van der Waals surface area contributed by atoms with Crippen LogP contribution in [0.15, 0.2) is 33.6 Å². The quantitative estimate of drug-likeness (QED) is 0.809. The summed E-state index contributed by atoms with van der Waals surface area (Å²) in [6, 6.07) is 8.20. The van der Waals surface area contributed by atoms with Crippen LogP contribution in [-0.4, -0.2) is 11.3 Å². The molecule has 1 saturated carbocycles. The second kappa shape index (κ2) is 6.45. The molecule has 1 aliphatic carbocycles. The molecule has 2 rings (SSSR count). The van der Waals surface area contributed by atoms with Crippen molar-refractivity contribution in [1.29, 1.82) is 0 Å². The molecule has 2 nitrogen and oxygen atoms in total. The SMILES string of the molecule is O=C(NC1CCCCC1)Sc1ccc(Br)cc1. The van der Waals surface area contributed by atoms with Crippen LogP contribution in [0.4, 0.5) is 4.79 Å². The average Bonchev–Trinajstić information content (AvgIpc) is 2.33. The first-order valence-electron chi connectivity index (χ1n) is 5.98. The number of nitrogens with one attached hydrogen (secondary N) is 1. The molecule has 0 unspecified atom stereocenters. The molecule has 1 fully saturated rings. The summed E-state index contributed by atoms with van der Waals surface area (Å²) in [6.07, 6.45) is 6.06. The van der Waals surface area contributed by atoms with Gasteiger partial charge in [0.05, 0.1) is 0 Å². The van der Waals surface area contributed by atoms with Gasteiger partial charge < -0.3 is 5.32 Å². The van der Waals surface area contributed by atoms with E-state index in [2.05, 4.69) is 21.2 Å². The predicted octanol–water partition coefficient (Wildman–Crippen LogP) is 4.58. The fraction of sp³-hybridized carbons (Fsp3) is 0.462. The maximum atomic E-state index is 11.8. The van der Waals surface area contributed by atoms with Gasteiger partial charge in [0, 0.05) is 15.4 Å². The first kappa shape index (κ1) is 13.0. The van der Waals surface area contributed by atoms with Crippen LogP contribution in [-0.2, 0) is 0 Å². The highest BCUT2D eigenvalue weighted by atomic mass is 79.9. The second-order valence-corrected chi connectivity index (χ2v) is 6.28. The smallest absolute Gasteiger partial charge is 0.284 e. The minimum atomic E-state index is 0.0687. The highest BCUT2D eigenvalue weighted by Gasteiger charge is 2.16. The van der Waals surface area contributed by atoms with Crippen LogP contribution < -0.4 is 5.32 Å². The summed E-state index contributed by atoms with van der Waals surface area (Å²) in [5.74, 6) is 0. The van der Waals surface area contributed by atoms with E-state index in [4.69, 9.17) is 0 Å². The molecule has 1 aromatic rings. The Labute approximate surface area is 115 Å². The van der Waals surface area contributed by atoms with Gasteiger partial charge in [0.25, 0.3) is 5.24 Å². The van der Waals surface area contributed by atoms with Crippen LogP contribution in [0.2, 0.25) is 0 Å². The second-order valence-electron chi connectivity index (χ2n) is 4.32. The molecule has 0 aromatic heterocycles. The number of amides is 1.